The Hall–Kier alpha value is -0.110. The van der Waals surface area contributed by atoms with Crippen LogP contribution in [0.2, 0.25) is 0 Å². The zero-order chi connectivity index (χ0) is 7.11. The molecule has 0 spiro atoms. The second-order valence-corrected chi connectivity index (χ2v) is 2.30. The lowest BCUT2D eigenvalue weighted by molar-refractivity contribution is 0.128. The third-order valence-corrected chi connectivity index (χ3v) is 1.32. The van der Waals surface area contributed by atoms with E-state index in [0.717, 1.165) is 19.3 Å². The fourth-order valence-electron chi connectivity index (χ4n) is 0.707. The molecular weight excluding hydrogens is 119 g/mol. The third-order valence-electron chi connectivity index (χ3n) is 1.32. The van der Waals surface area contributed by atoms with Gasteiger partial charge in [0.05, 0.1) is 6.10 Å². The monoisotopic (exact) mass is 134 g/mol. The van der Waals surface area contributed by atoms with Crippen molar-refractivity contribution in [2.75, 3.05) is 6.67 Å². The van der Waals surface area contributed by atoms with Crippen molar-refractivity contribution < 1.29 is 9.50 Å². The quantitative estimate of drug-likeness (QED) is 0.569. The average Bonchev–Trinajstić information content (AvgIpc) is 1.89. The van der Waals surface area contributed by atoms with Gasteiger partial charge < -0.3 is 5.11 Å². The summed E-state index contributed by atoms with van der Waals surface area (Å²) in [7, 11) is 0. The van der Waals surface area contributed by atoms with Gasteiger partial charge >= 0.3 is 0 Å². The summed E-state index contributed by atoms with van der Waals surface area (Å²) in [5.74, 6) is 0. The topological polar surface area (TPSA) is 20.2 Å². The maximum Gasteiger partial charge on any atom is 0.115 e. The second kappa shape index (κ2) is 6.02. The Balaban J connectivity index is 2.88. The number of aliphatic hydroxyl groups is 1. The van der Waals surface area contributed by atoms with Gasteiger partial charge in [0.15, 0.2) is 0 Å². The molecule has 0 saturated heterocycles. The minimum atomic E-state index is -0.712. The number of unbranched alkanes of at least 4 members (excludes halogenated alkanes) is 2. The first kappa shape index (κ1) is 8.89. The van der Waals surface area contributed by atoms with Gasteiger partial charge in [-0.25, -0.2) is 4.39 Å². The molecular formula is C7H15FO. The van der Waals surface area contributed by atoms with Crippen molar-refractivity contribution in [2.24, 2.45) is 0 Å². The van der Waals surface area contributed by atoms with Crippen LogP contribution < -0.4 is 0 Å². The van der Waals surface area contributed by atoms with Crippen LogP contribution in [0.1, 0.15) is 32.6 Å². The molecule has 1 nitrogen and oxygen atoms in total. The van der Waals surface area contributed by atoms with E-state index in [-0.39, 0.29) is 0 Å². The molecule has 0 aromatic heterocycles. The first-order valence-corrected chi connectivity index (χ1v) is 3.55. The van der Waals surface area contributed by atoms with Crippen LogP contribution in [0.5, 0.6) is 0 Å². The van der Waals surface area contributed by atoms with Crippen LogP contribution in [-0.4, -0.2) is 17.9 Å². The maximum atomic E-state index is 11.6. The molecule has 0 aromatic rings. The van der Waals surface area contributed by atoms with E-state index in [1.165, 1.54) is 0 Å². The van der Waals surface area contributed by atoms with Crippen molar-refractivity contribution in [1.29, 1.82) is 0 Å². The van der Waals surface area contributed by atoms with Crippen LogP contribution in [-0.2, 0) is 0 Å². The van der Waals surface area contributed by atoms with Crippen LogP contribution in [0, 0.1) is 0 Å². The molecule has 0 aliphatic rings. The zero-order valence-corrected chi connectivity index (χ0v) is 5.94. The first-order valence-electron chi connectivity index (χ1n) is 3.55. The SMILES string of the molecule is CCCCC[C@@H](O)CF. The molecule has 0 heterocycles. The normalized spacial score (nSPS) is 13.7. The molecule has 0 saturated carbocycles. The Labute approximate surface area is 55.9 Å². The van der Waals surface area contributed by atoms with E-state index in [1.54, 1.807) is 0 Å². The minimum Gasteiger partial charge on any atom is -0.390 e. The van der Waals surface area contributed by atoms with E-state index in [4.69, 9.17) is 5.11 Å². The standard InChI is InChI=1S/C7H15FO/c1-2-3-4-5-7(9)6-8/h7,9H,2-6H2,1H3/t7-/m1/s1. The lowest BCUT2D eigenvalue weighted by atomic mass is 10.1. The van der Waals surface area contributed by atoms with Crippen molar-refractivity contribution in [1.82, 2.24) is 0 Å². The number of halogens is 1. The van der Waals surface area contributed by atoms with Crippen LogP contribution in [0.25, 0.3) is 0 Å². The molecule has 0 aliphatic carbocycles. The van der Waals surface area contributed by atoms with Gasteiger partial charge in [-0.3, -0.25) is 0 Å². The summed E-state index contributed by atoms with van der Waals surface area (Å²) in [4.78, 5) is 0. The molecule has 0 fully saturated rings. The minimum absolute atomic E-state index is 0.594. The van der Waals surface area contributed by atoms with Crippen molar-refractivity contribution in [3.63, 3.8) is 0 Å². The smallest absolute Gasteiger partial charge is 0.115 e. The number of hydrogen-bond donors (Lipinski definition) is 1. The van der Waals surface area contributed by atoms with E-state index in [1.807, 2.05) is 0 Å². The van der Waals surface area contributed by atoms with Crippen molar-refractivity contribution in [2.45, 2.75) is 38.7 Å². The summed E-state index contributed by atoms with van der Waals surface area (Å²) < 4.78 is 11.6. The van der Waals surface area contributed by atoms with Gasteiger partial charge in [0.25, 0.3) is 0 Å². The predicted molar refractivity (Wildman–Crippen MR) is 36.1 cm³/mol. The van der Waals surface area contributed by atoms with Crippen LogP contribution in [0.3, 0.4) is 0 Å². The van der Waals surface area contributed by atoms with Gasteiger partial charge in [-0.1, -0.05) is 26.2 Å². The maximum absolute atomic E-state index is 11.6. The zero-order valence-electron chi connectivity index (χ0n) is 5.94. The van der Waals surface area contributed by atoms with Crippen molar-refractivity contribution in [3.8, 4) is 0 Å². The Bertz CT molecular complexity index is 56.9. The predicted octanol–water partition coefficient (Wildman–Crippen LogP) is 1.90. The molecule has 1 atom stereocenters. The summed E-state index contributed by atoms with van der Waals surface area (Å²) >= 11 is 0. The molecule has 1 N–H and O–H groups in total. The van der Waals surface area contributed by atoms with Crippen molar-refractivity contribution in [3.05, 3.63) is 0 Å². The average molecular weight is 134 g/mol. The molecule has 56 valence electrons. The molecule has 0 bridgehead atoms. The summed E-state index contributed by atoms with van der Waals surface area (Å²) in [5, 5.41) is 8.71. The highest BCUT2D eigenvalue weighted by Crippen LogP contribution is 2.02. The van der Waals surface area contributed by atoms with Gasteiger partial charge in [-0.15, -0.1) is 0 Å². The number of aliphatic hydroxyl groups excluding tert-OH is 1. The number of rotatable bonds is 5. The highest BCUT2D eigenvalue weighted by molar-refractivity contribution is 4.51. The Morgan fingerprint density at radius 1 is 1.44 bits per heavy atom. The van der Waals surface area contributed by atoms with Crippen LogP contribution in [0.15, 0.2) is 0 Å². The van der Waals surface area contributed by atoms with Crippen molar-refractivity contribution >= 4 is 0 Å². The third kappa shape index (κ3) is 5.77. The van der Waals surface area contributed by atoms with E-state index < -0.39 is 12.8 Å². The molecule has 0 aliphatic heterocycles. The van der Waals surface area contributed by atoms with Gasteiger partial charge in [-0.05, 0) is 6.42 Å². The van der Waals surface area contributed by atoms with Crippen LogP contribution in [0.4, 0.5) is 4.39 Å². The van der Waals surface area contributed by atoms with Gasteiger partial charge in [0.2, 0.25) is 0 Å². The molecule has 2 heteroatoms. The van der Waals surface area contributed by atoms with E-state index in [2.05, 4.69) is 6.92 Å². The van der Waals surface area contributed by atoms with E-state index in [0.29, 0.717) is 6.42 Å². The largest absolute Gasteiger partial charge is 0.390 e. The number of alkyl halides is 1. The molecule has 9 heavy (non-hydrogen) atoms. The molecule has 0 rings (SSSR count). The van der Waals surface area contributed by atoms with Gasteiger partial charge in [-0.2, -0.15) is 0 Å². The first-order chi connectivity index (χ1) is 4.31. The highest BCUT2D eigenvalue weighted by atomic mass is 19.1. The lowest BCUT2D eigenvalue weighted by Gasteiger charge is -2.02. The highest BCUT2D eigenvalue weighted by Gasteiger charge is 2.00. The lowest BCUT2D eigenvalue weighted by Crippen LogP contribution is -2.07. The molecule has 0 unspecified atom stereocenters. The Kier molecular flexibility index (Phi) is 5.94. The summed E-state index contributed by atoms with van der Waals surface area (Å²) in [6, 6.07) is 0. The van der Waals surface area contributed by atoms with E-state index in [9.17, 15) is 4.39 Å². The van der Waals surface area contributed by atoms with Gasteiger partial charge in [0.1, 0.15) is 6.67 Å². The fourth-order valence-corrected chi connectivity index (χ4v) is 0.707. The fraction of sp³-hybridized carbons (Fsp3) is 1.00. The molecule has 0 radical (unpaired) electrons. The molecule has 0 aromatic carbocycles. The van der Waals surface area contributed by atoms with Gasteiger partial charge in [0, 0.05) is 0 Å². The Morgan fingerprint density at radius 2 is 2.11 bits per heavy atom. The van der Waals surface area contributed by atoms with Crippen LogP contribution >= 0.6 is 0 Å². The van der Waals surface area contributed by atoms with E-state index >= 15 is 0 Å². The summed E-state index contributed by atoms with van der Waals surface area (Å²) in [5.41, 5.74) is 0. The second-order valence-electron chi connectivity index (χ2n) is 2.30. The summed E-state index contributed by atoms with van der Waals surface area (Å²) in [6.45, 7) is 1.49. The Morgan fingerprint density at radius 3 is 2.56 bits per heavy atom. The summed E-state index contributed by atoms with van der Waals surface area (Å²) in [6.07, 6.45) is 3.07. The molecule has 0 amide bonds. The number of hydrogen-bond acceptors (Lipinski definition) is 1.